The highest BCUT2D eigenvalue weighted by atomic mass is 35.5. The van der Waals surface area contributed by atoms with Crippen LogP contribution in [0.4, 0.5) is 5.82 Å². The molecule has 2 atom stereocenters. The van der Waals surface area contributed by atoms with E-state index in [0.717, 1.165) is 72.0 Å². The van der Waals surface area contributed by atoms with Crippen LogP contribution in [0.3, 0.4) is 0 Å². The first-order chi connectivity index (χ1) is 18.4. The summed E-state index contributed by atoms with van der Waals surface area (Å²) in [5.74, 6) is 1.69. The monoisotopic (exact) mass is 551 g/mol. The van der Waals surface area contributed by atoms with Crippen LogP contribution in [0.2, 0.25) is 10.0 Å². The SMILES string of the molecule is COc1ccc(Cn2cc(-c3cccc(Cl)c3Cl)c3ncc(N4CCC5(CC4)CO[C@@H](C)[C@H]5N)nc32)cc1. The summed E-state index contributed by atoms with van der Waals surface area (Å²) in [6.07, 6.45) is 6.00. The number of ether oxygens (including phenoxy) is 2. The Morgan fingerprint density at radius 2 is 1.87 bits per heavy atom. The molecular weight excluding hydrogens is 521 g/mol. The average molecular weight is 553 g/mol. The van der Waals surface area contributed by atoms with Crippen molar-refractivity contribution in [2.24, 2.45) is 11.1 Å². The second-order valence-electron chi connectivity index (χ2n) is 10.4. The summed E-state index contributed by atoms with van der Waals surface area (Å²) in [6.45, 7) is 5.19. The summed E-state index contributed by atoms with van der Waals surface area (Å²) in [6, 6.07) is 13.8. The summed E-state index contributed by atoms with van der Waals surface area (Å²) >= 11 is 13.0. The Balaban J connectivity index is 1.37. The van der Waals surface area contributed by atoms with E-state index in [9.17, 15) is 0 Å². The molecule has 9 heteroatoms. The summed E-state index contributed by atoms with van der Waals surface area (Å²) in [7, 11) is 1.67. The fourth-order valence-electron chi connectivity index (χ4n) is 5.80. The molecule has 0 radical (unpaired) electrons. The molecule has 6 rings (SSSR count). The van der Waals surface area contributed by atoms with Gasteiger partial charge in [0.1, 0.15) is 17.1 Å². The quantitative estimate of drug-likeness (QED) is 0.338. The van der Waals surface area contributed by atoms with E-state index in [1.807, 2.05) is 30.5 Å². The molecule has 1 spiro atoms. The van der Waals surface area contributed by atoms with Gasteiger partial charge in [0.2, 0.25) is 0 Å². The lowest BCUT2D eigenvalue weighted by molar-refractivity contribution is 0.0974. The second-order valence-corrected chi connectivity index (χ2v) is 11.2. The highest BCUT2D eigenvalue weighted by Gasteiger charge is 2.47. The Labute approximate surface area is 232 Å². The third kappa shape index (κ3) is 4.41. The first-order valence-corrected chi connectivity index (χ1v) is 13.7. The van der Waals surface area contributed by atoms with Crippen molar-refractivity contribution in [1.82, 2.24) is 14.5 Å². The molecule has 2 aliphatic rings. The van der Waals surface area contributed by atoms with Crippen LogP contribution >= 0.6 is 23.2 Å². The molecule has 0 saturated carbocycles. The Kier molecular flexibility index (Phi) is 6.72. The normalized spacial score (nSPS) is 20.9. The maximum atomic E-state index is 6.63. The van der Waals surface area contributed by atoms with Gasteiger partial charge in [-0.2, -0.15) is 0 Å². The number of aromatic nitrogens is 3. The van der Waals surface area contributed by atoms with Crippen LogP contribution in [0, 0.1) is 5.41 Å². The van der Waals surface area contributed by atoms with E-state index < -0.39 is 0 Å². The third-order valence-corrected chi connectivity index (χ3v) is 9.06. The van der Waals surface area contributed by atoms with E-state index in [2.05, 4.69) is 34.7 Å². The number of nitrogens with two attached hydrogens (primary N) is 1. The van der Waals surface area contributed by atoms with Gasteiger partial charge in [0.15, 0.2) is 5.65 Å². The first-order valence-electron chi connectivity index (χ1n) is 12.9. The first kappa shape index (κ1) is 25.4. The van der Waals surface area contributed by atoms with Gasteiger partial charge in [-0.1, -0.05) is 47.5 Å². The van der Waals surface area contributed by atoms with Gasteiger partial charge in [-0.25, -0.2) is 9.97 Å². The molecule has 2 fully saturated rings. The summed E-state index contributed by atoms with van der Waals surface area (Å²) in [4.78, 5) is 12.4. The molecular formula is C29H31Cl2N5O2. The Morgan fingerprint density at radius 3 is 2.55 bits per heavy atom. The molecule has 0 aliphatic carbocycles. The van der Waals surface area contributed by atoms with Gasteiger partial charge in [-0.15, -0.1) is 0 Å². The molecule has 2 aromatic heterocycles. The zero-order valence-electron chi connectivity index (χ0n) is 21.5. The predicted molar refractivity (Wildman–Crippen MR) is 152 cm³/mol. The summed E-state index contributed by atoms with van der Waals surface area (Å²) in [5, 5.41) is 1.02. The lowest BCUT2D eigenvalue weighted by Crippen LogP contribution is -2.50. The van der Waals surface area contributed by atoms with Crippen molar-refractivity contribution in [3.05, 3.63) is 70.5 Å². The van der Waals surface area contributed by atoms with Crippen molar-refractivity contribution in [2.75, 3.05) is 31.7 Å². The van der Waals surface area contributed by atoms with Crippen molar-refractivity contribution in [3.63, 3.8) is 0 Å². The van der Waals surface area contributed by atoms with Crippen LogP contribution < -0.4 is 15.4 Å². The number of halogens is 2. The molecule has 4 heterocycles. The minimum absolute atomic E-state index is 0.0541. The summed E-state index contributed by atoms with van der Waals surface area (Å²) in [5.41, 5.74) is 11.1. The Bertz CT molecular complexity index is 1460. The average Bonchev–Trinajstić information content (AvgIpc) is 3.43. The van der Waals surface area contributed by atoms with Crippen molar-refractivity contribution in [1.29, 1.82) is 0 Å². The number of hydrogen-bond acceptors (Lipinski definition) is 6. The largest absolute Gasteiger partial charge is 0.497 e. The fourth-order valence-corrected chi connectivity index (χ4v) is 6.20. The number of benzene rings is 2. The van der Waals surface area contributed by atoms with Crippen molar-refractivity contribution >= 4 is 40.2 Å². The smallest absolute Gasteiger partial charge is 0.162 e. The lowest BCUT2D eigenvalue weighted by atomic mass is 9.73. The summed E-state index contributed by atoms with van der Waals surface area (Å²) < 4.78 is 13.4. The zero-order chi connectivity index (χ0) is 26.4. The van der Waals surface area contributed by atoms with Gasteiger partial charge in [0.25, 0.3) is 0 Å². The predicted octanol–water partition coefficient (Wildman–Crippen LogP) is 5.79. The standard InChI is InChI=1S/C29H31Cl2N5O2/c1-18-27(32)29(17-38-18)10-12-35(13-11-29)24-14-33-26-22(21-4-3-5-23(30)25(21)31)16-36(28(26)34-24)15-19-6-8-20(37-2)9-7-19/h3-9,14,16,18,27H,10-13,15,17,32H2,1-2H3/t18-,27+/m0/s1. The maximum absolute atomic E-state index is 6.63. The molecule has 0 unspecified atom stereocenters. The zero-order valence-corrected chi connectivity index (χ0v) is 23.0. The van der Waals surface area contributed by atoms with E-state index in [4.69, 9.17) is 48.4 Å². The molecule has 38 heavy (non-hydrogen) atoms. The fraction of sp³-hybridized carbons (Fsp3) is 0.379. The van der Waals surface area contributed by atoms with Crippen molar-refractivity contribution in [3.8, 4) is 16.9 Å². The molecule has 4 aromatic rings. The number of nitrogens with zero attached hydrogens (tertiary/aromatic N) is 4. The van der Waals surface area contributed by atoms with Gasteiger partial charge < -0.3 is 24.7 Å². The van der Waals surface area contributed by atoms with Crippen molar-refractivity contribution in [2.45, 2.75) is 38.5 Å². The third-order valence-electron chi connectivity index (χ3n) is 8.24. The van der Waals surface area contributed by atoms with Gasteiger partial charge in [0.05, 0.1) is 36.1 Å². The maximum Gasteiger partial charge on any atom is 0.162 e. The minimum Gasteiger partial charge on any atom is -0.497 e. The van der Waals surface area contributed by atoms with E-state index in [1.165, 1.54) is 0 Å². The molecule has 2 N–H and O–H groups in total. The highest BCUT2D eigenvalue weighted by Crippen LogP contribution is 2.42. The number of anilines is 1. The second kappa shape index (κ2) is 10.0. The van der Waals surface area contributed by atoms with Crippen LogP contribution in [0.25, 0.3) is 22.3 Å². The molecule has 0 bridgehead atoms. The van der Waals surface area contributed by atoms with Gasteiger partial charge in [0, 0.05) is 48.4 Å². The number of fused-ring (bicyclic) bond motifs is 1. The van der Waals surface area contributed by atoms with Crippen LogP contribution in [0.1, 0.15) is 25.3 Å². The van der Waals surface area contributed by atoms with E-state index in [1.54, 1.807) is 13.2 Å². The molecule has 2 aliphatic heterocycles. The van der Waals surface area contributed by atoms with Crippen LogP contribution in [-0.2, 0) is 11.3 Å². The number of rotatable bonds is 5. The number of hydrogen-bond donors (Lipinski definition) is 1. The van der Waals surface area contributed by atoms with Gasteiger partial charge in [-0.05, 0) is 43.5 Å². The van der Waals surface area contributed by atoms with E-state index in [-0.39, 0.29) is 17.6 Å². The topological polar surface area (TPSA) is 78.4 Å². The van der Waals surface area contributed by atoms with E-state index in [0.29, 0.717) is 16.6 Å². The number of methoxy groups -OCH3 is 1. The minimum atomic E-state index is 0.0541. The molecule has 7 nitrogen and oxygen atoms in total. The lowest BCUT2D eigenvalue weighted by Gasteiger charge is -2.41. The van der Waals surface area contributed by atoms with E-state index >= 15 is 0 Å². The van der Waals surface area contributed by atoms with Gasteiger partial charge in [-0.3, -0.25) is 0 Å². The highest BCUT2D eigenvalue weighted by molar-refractivity contribution is 6.43. The molecule has 198 valence electrons. The van der Waals surface area contributed by atoms with Crippen LogP contribution in [0.15, 0.2) is 54.9 Å². The Morgan fingerprint density at radius 1 is 1.11 bits per heavy atom. The number of piperidine rings is 1. The molecule has 2 saturated heterocycles. The Hall–Kier alpha value is -2.84. The van der Waals surface area contributed by atoms with Crippen molar-refractivity contribution < 1.29 is 9.47 Å². The molecule has 0 amide bonds. The molecule has 2 aromatic carbocycles. The van der Waals surface area contributed by atoms with Crippen LogP contribution in [-0.4, -0.2) is 53.5 Å². The van der Waals surface area contributed by atoms with Gasteiger partial charge >= 0.3 is 0 Å². The van der Waals surface area contributed by atoms with Crippen LogP contribution in [0.5, 0.6) is 5.75 Å².